The van der Waals surface area contributed by atoms with Crippen LogP contribution in [0.15, 0.2) is 4.52 Å². The summed E-state index contributed by atoms with van der Waals surface area (Å²) >= 11 is 0. The van der Waals surface area contributed by atoms with Crippen LogP contribution in [0.3, 0.4) is 0 Å². The van der Waals surface area contributed by atoms with Gasteiger partial charge in [-0.25, -0.2) is 0 Å². The molecule has 20 heavy (non-hydrogen) atoms. The van der Waals surface area contributed by atoms with Crippen molar-refractivity contribution in [2.45, 2.75) is 65.5 Å². The fourth-order valence-corrected chi connectivity index (χ4v) is 1.79. The topological polar surface area (TPSA) is 88.2 Å². The zero-order valence-corrected chi connectivity index (χ0v) is 12.7. The van der Waals surface area contributed by atoms with E-state index in [2.05, 4.69) is 22.4 Å². The van der Waals surface area contributed by atoms with Gasteiger partial charge in [-0.05, 0) is 19.8 Å². The van der Waals surface area contributed by atoms with E-state index in [0.717, 1.165) is 18.7 Å². The van der Waals surface area contributed by atoms with Gasteiger partial charge in [-0.2, -0.15) is 4.98 Å². The number of carbonyl (C=O) groups is 1. The van der Waals surface area contributed by atoms with E-state index in [0.29, 0.717) is 24.9 Å². The Balaban J connectivity index is 2.22. The number of carboxylic acid groups (broad SMARTS) is 1. The lowest BCUT2D eigenvalue weighted by Crippen LogP contribution is -2.25. The maximum absolute atomic E-state index is 10.7. The van der Waals surface area contributed by atoms with E-state index in [1.165, 1.54) is 0 Å². The number of nitrogens with zero attached hydrogens (tertiary/aromatic N) is 2. The highest BCUT2D eigenvalue weighted by molar-refractivity contribution is 5.69. The van der Waals surface area contributed by atoms with E-state index in [-0.39, 0.29) is 11.8 Å². The van der Waals surface area contributed by atoms with Crippen LogP contribution in [0, 0.1) is 5.92 Å². The largest absolute Gasteiger partial charge is 0.481 e. The fraction of sp³-hybridized carbons (Fsp3) is 0.786. The molecular weight excluding hydrogens is 258 g/mol. The minimum Gasteiger partial charge on any atom is -0.481 e. The standard InChI is InChI=1S/C14H25N3O3/c1-9(2)13-16-12(20-17-13)8-15-11(4)7-5-6-10(3)14(18)19/h9-11,15H,5-8H2,1-4H3,(H,18,19). The number of rotatable bonds is 9. The fourth-order valence-electron chi connectivity index (χ4n) is 1.79. The van der Waals surface area contributed by atoms with Crippen LogP contribution in [0.1, 0.15) is 64.6 Å². The first-order chi connectivity index (χ1) is 9.40. The molecule has 2 N–H and O–H groups in total. The van der Waals surface area contributed by atoms with Crippen molar-refractivity contribution >= 4 is 5.97 Å². The van der Waals surface area contributed by atoms with Gasteiger partial charge in [-0.15, -0.1) is 0 Å². The Kier molecular flexibility index (Phi) is 6.64. The first kappa shape index (κ1) is 16.6. The van der Waals surface area contributed by atoms with Gasteiger partial charge in [0.05, 0.1) is 12.5 Å². The lowest BCUT2D eigenvalue weighted by atomic mass is 10.0. The van der Waals surface area contributed by atoms with Crippen molar-refractivity contribution in [1.82, 2.24) is 15.5 Å². The monoisotopic (exact) mass is 283 g/mol. The van der Waals surface area contributed by atoms with Gasteiger partial charge >= 0.3 is 5.97 Å². The normalized spacial score (nSPS) is 14.4. The van der Waals surface area contributed by atoms with Crippen molar-refractivity contribution in [3.63, 3.8) is 0 Å². The van der Waals surface area contributed by atoms with Crippen LogP contribution < -0.4 is 5.32 Å². The third-order valence-electron chi connectivity index (χ3n) is 3.30. The summed E-state index contributed by atoms with van der Waals surface area (Å²) in [5.74, 6) is 0.594. The maximum Gasteiger partial charge on any atom is 0.306 e. The molecule has 0 spiro atoms. The number of carboxylic acids is 1. The Bertz CT molecular complexity index is 418. The molecule has 1 heterocycles. The van der Waals surface area contributed by atoms with Gasteiger partial charge in [0.25, 0.3) is 0 Å². The summed E-state index contributed by atoms with van der Waals surface area (Å²) < 4.78 is 5.15. The molecule has 6 nitrogen and oxygen atoms in total. The van der Waals surface area contributed by atoms with Crippen molar-refractivity contribution in [2.24, 2.45) is 5.92 Å². The van der Waals surface area contributed by atoms with Crippen LogP contribution in [0.4, 0.5) is 0 Å². The third kappa shape index (κ3) is 5.69. The van der Waals surface area contributed by atoms with E-state index >= 15 is 0 Å². The smallest absolute Gasteiger partial charge is 0.306 e. The second-order valence-electron chi connectivity index (χ2n) is 5.65. The summed E-state index contributed by atoms with van der Waals surface area (Å²) in [5, 5.41) is 16.0. The molecule has 1 aromatic rings. The summed E-state index contributed by atoms with van der Waals surface area (Å²) in [5.41, 5.74) is 0. The van der Waals surface area contributed by atoms with E-state index in [9.17, 15) is 4.79 Å². The van der Waals surface area contributed by atoms with Crippen LogP contribution in [-0.2, 0) is 11.3 Å². The summed E-state index contributed by atoms with van der Waals surface area (Å²) in [6.07, 6.45) is 2.53. The van der Waals surface area contributed by atoms with Crippen molar-refractivity contribution < 1.29 is 14.4 Å². The third-order valence-corrected chi connectivity index (χ3v) is 3.30. The van der Waals surface area contributed by atoms with Crippen LogP contribution in [0.5, 0.6) is 0 Å². The number of hydrogen-bond donors (Lipinski definition) is 2. The quantitative estimate of drug-likeness (QED) is 0.724. The lowest BCUT2D eigenvalue weighted by molar-refractivity contribution is -0.141. The molecule has 0 radical (unpaired) electrons. The highest BCUT2D eigenvalue weighted by atomic mass is 16.5. The second-order valence-corrected chi connectivity index (χ2v) is 5.65. The Hall–Kier alpha value is -1.43. The summed E-state index contributed by atoms with van der Waals surface area (Å²) in [6.45, 7) is 8.41. The highest BCUT2D eigenvalue weighted by Crippen LogP contribution is 2.11. The molecule has 2 unspecified atom stereocenters. The minimum atomic E-state index is -0.724. The SMILES string of the molecule is CC(CCCC(C)C(=O)O)NCc1nc(C(C)C)no1. The molecule has 0 aromatic carbocycles. The lowest BCUT2D eigenvalue weighted by Gasteiger charge is -2.13. The van der Waals surface area contributed by atoms with Crippen molar-refractivity contribution in [1.29, 1.82) is 0 Å². The summed E-state index contributed by atoms with van der Waals surface area (Å²) in [6, 6.07) is 0.297. The molecule has 114 valence electrons. The van der Waals surface area contributed by atoms with E-state index < -0.39 is 5.97 Å². The zero-order valence-electron chi connectivity index (χ0n) is 12.7. The summed E-state index contributed by atoms with van der Waals surface area (Å²) in [7, 11) is 0. The number of hydrogen-bond acceptors (Lipinski definition) is 5. The summed E-state index contributed by atoms with van der Waals surface area (Å²) in [4.78, 5) is 15.0. The van der Waals surface area contributed by atoms with Gasteiger partial charge in [0.2, 0.25) is 5.89 Å². The van der Waals surface area contributed by atoms with E-state index in [1.807, 2.05) is 13.8 Å². The first-order valence-electron chi connectivity index (χ1n) is 7.18. The van der Waals surface area contributed by atoms with E-state index in [4.69, 9.17) is 9.63 Å². The van der Waals surface area contributed by atoms with Gasteiger partial charge in [-0.3, -0.25) is 4.79 Å². The molecule has 0 aliphatic heterocycles. The Morgan fingerprint density at radius 1 is 1.30 bits per heavy atom. The Labute approximate surface area is 120 Å². The van der Waals surface area contributed by atoms with Gasteiger partial charge in [0.1, 0.15) is 0 Å². The van der Waals surface area contributed by atoms with Crippen LogP contribution in [0.2, 0.25) is 0 Å². The molecular formula is C14H25N3O3. The average Bonchev–Trinajstić information content (AvgIpc) is 2.85. The molecule has 1 aromatic heterocycles. The van der Waals surface area contributed by atoms with Crippen molar-refractivity contribution in [3.8, 4) is 0 Å². The minimum absolute atomic E-state index is 0.266. The van der Waals surface area contributed by atoms with Gasteiger partial charge in [0.15, 0.2) is 5.82 Å². The molecule has 2 atom stereocenters. The Morgan fingerprint density at radius 2 is 2.00 bits per heavy atom. The van der Waals surface area contributed by atoms with Crippen LogP contribution in [0.25, 0.3) is 0 Å². The molecule has 6 heteroatoms. The van der Waals surface area contributed by atoms with Crippen LogP contribution in [-0.4, -0.2) is 27.3 Å². The second kappa shape index (κ2) is 7.99. The molecule has 0 aliphatic rings. The number of aliphatic carboxylic acids is 1. The first-order valence-corrected chi connectivity index (χ1v) is 7.18. The number of nitrogens with one attached hydrogen (secondary N) is 1. The van der Waals surface area contributed by atoms with Crippen molar-refractivity contribution in [3.05, 3.63) is 11.7 Å². The maximum atomic E-state index is 10.7. The molecule has 1 rings (SSSR count). The molecule has 0 aliphatic carbocycles. The predicted molar refractivity (Wildman–Crippen MR) is 75.3 cm³/mol. The average molecular weight is 283 g/mol. The van der Waals surface area contributed by atoms with Gasteiger partial charge in [-0.1, -0.05) is 32.3 Å². The van der Waals surface area contributed by atoms with Gasteiger partial charge < -0.3 is 14.9 Å². The highest BCUT2D eigenvalue weighted by Gasteiger charge is 2.12. The molecule has 0 saturated heterocycles. The van der Waals surface area contributed by atoms with Crippen LogP contribution >= 0.6 is 0 Å². The van der Waals surface area contributed by atoms with Crippen molar-refractivity contribution in [2.75, 3.05) is 0 Å². The Morgan fingerprint density at radius 3 is 2.55 bits per heavy atom. The molecule has 0 amide bonds. The molecule has 0 saturated carbocycles. The van der Waals surface area contributed by atoms with Gasteiger partial charge in [0, 0.05) is 12.0 Å². The number of aromatic nitrogens is 2. The van der Waals surface area contributed by atoms with E-state index in [1.54, 1.807) is 6.92 Å². The predicted octanol–water partition coefficient (Wildman–Crippen LogP) is 2.56. The zero-order chi connectivity index (χ0) is 15.1. The molecule has 0 fully saturated rings. The molecule has 0 bridgehead atoms.